The van der Waals surface area contributed by atoms with Crippen LogP contribution in [0.3, 0.4) is 0 Å². The molecule has 1 fully saturated rings. The summed E-state index contributed by atoms with van der Waals surface area (Å²) in [5.74, 6) is 1.11. The number of carbonyl (C=O) groups is 2. The van der Waals surface area contributed by atoms with Gasteiger partial charge < -0.3 is 19.7 Å². The zero-order valence-electron chi connectivity index (χ0n) is 17.4. The molecular formula is C24H27FN2O4. The summed E-state index contributed by atoms with van der Waals surface area (Å²) in [7, 11) is 0. The third kappa shape index (κ3) is 5.34. The average molecular weight is 426 g/mol. The van der Waals surface area contributed by atoms with Gasteiger partial charge in [-0.3, -0.25) is 9.59 Å². The van der Waals surface area contributed by atoms with E-state index in [9.17, 15) is 14.0 Å². The molecule has 0 aromatic heterocycles. The lowest BCUT2D eigenvalue weighted by atomic mass is 9.92. The second-order valence-corrected chi connectivity index (χ2v) is 8.02. The fraction of sp³-hybridized carbons (Fsp3) is 0.417. The Balaban J connectivity index is 1.27. The minimum Gasteiger partial charge on any atom is -0.486 e. The van der Waals surface area contributed by atoms with Crippen LogP contribution in [0.4, 0.5) is 4.39 Å². The fourth-order valence-corrected chi connectivity index (χ4v) is 4.10. The van der Waals surface area contributed by atoms with Crippen LogP contribution >= 0.6 is 0 Å². The predicted molar refractivity (Wildman–Crippen MR) is 114 cm³/mol. The van der Waals surface area contributed by atoms with Crippen LogP contribution in [0.5, 0.6) is 11.5 Å². The van der Waals surface area contributed by atoms with Gasteiger partial charge in [0, 0.05) is 37.2 Å². The average Bonchev–Trinajstić information content (AvgIpc) is 2.81. The second kappa shape index (κ2) is 9.81. The topological polar surface area (TPSA) is 67.9 Å². The maximum Gasteiger partial charge on any atom is 0.254 e. The van der Waals surface area contributed by atoms with Crippen molar-refractivity contribution in [3.63, 3.8) is 0 Å². The predicted octanol–water partition coefficient (Wildman–Crippen LogP) is 3.55. The van der Waals surface area contributed by atoms with Gasteiger partial charge in [-0.05, 0) is 49.4 Å². The van der Waals surface area contributed by atoms with Crippen LogP contribution in [0.1, 0.15) is 41.6 Å². The van der Waals surface area contributed by atoms with Crippen molar-refractivity contribution in [2.24, 2.45) is 5.92 Å². The van der Waals surface area contributed by atoms with E-state index in [0.717, 1.165) is 12.8 Å². The lowest BCUT2D eigenvalue weighted by molar-refractivity contribution is -0.121. The van der Waals surface area contributed by atoms with Gasteiger partial charge >= 0.3 is 0 Å². The summed E-state index contributed by atoms with van der Waals surface area (Å²) in [5.41, 5.74) is 1.07. The van der Waals surface area contributed by atoms with Gasteiger partial charge in [0.15, 0.2) is 11.5 Å². The molecule has 164 valence electrons. The van der Waals surface area contributed by atoms with Crippen LogP contribution in [0, 0.1) is 11.7 Å². The highest BCUT2D eigenvalue weighted by Gasteiger charge is 2.26. The van der Waals surface area contributed by atoms with Gasteiger partial charge in [-0.25, -0.2) is 4.39 Å². The maximum absolute atomic E-state index is 13.7. The van der Waals surface area contributed by atoms with Crippen molar-refractivity contribution in [3.05, 3.63) is 59.4 Å². The molecule has 2 aliphatic heterocycles. The van der Waals surface area contributed by atoms with Crippen molar-refractivity contribution in [1.82, 2.24) is 10.2 Å². The van der Waals surface area contributed by atoms with Gasteiger partial charge in [0.05, 0.1) is 0 Å². The lowest BCUT2D eigenvalue weighted by Gasteiger charge is -2.33. The first-order chi connectivity index (χ1) is 15.1. The number of fused-ring (bicyclic) bond motifs is 1. The summed E-state index contributed by atoms with van der Waals surface area (Å²) in [6.07, 6.45) is 2.97. The van der Waals surface area contributed by atoms with Crippen molar-refractivity contribution < 1.29 is 23.5 Å². The molecular weight excluding hydrogens is 399 g/mol. The van der Waals surface area contributed by atoms with Gasteiger partial charge in [-0.2, -0.15) is 0 Å². The van der Waals surface area contributed by atoms with Gasteiger partial charge in [-0.15, -0.1) is 0 Å². The summed E-state index contributed by atoms with van der Waals surface area (Å²) in [6.45, 7) is 2.53. The standard InChI is InChI=1S/C24H27FN2O4/c25-20-6-2-1-5-19(20)15-26-23(28)10-7-17-4-3-11-27(16-17)24(29)18-8-9-21-22(14-18)31-13-12-30-21/h1-2,5-6,8-9,14,17H,3-4,7,10-13,15-16H2,(H,26,28)/t17-/m1/s1. The van der Waals surface area contributed by atoms with Gasteiger partial charge in [0.1, 0.15) is 19.0 Å². The van der Waals surface area contributed by atoms with Crippen molar-refractivity contribution in [1.29, 1.82) is 0 Å². The van der Waals surface area contributed by atoms with Crippen LogP contribution < -0.4 is 14.8 Å². The van der Waals surface area contributed by atoms with E-state index in [-0.39, 0.29) is 30.1 Å². The van der Waals surface area contributed by atoms with Gasteiger partial charge in [0.25, 0.3) is 5.91 Å². The number of nitrogens with one attached hydrogen (secondary N) is 1. The third-order valence-corrected chi connectivity index (χ3v) is 5.81. The molecule has 2 heterocycles. The Labute approximate surface area is 181 Å². The Kier molecular flexibility index (Phi) is 6.70. The van der Waals surface area contributed by atoms with Crippen LogP contribution in [0.2, 0.25) is 0 Å². The van der Waals surface area contributed by atoms with Crippen molar-refractivity contribution in [3.8, 4) is 11.5 Å². The number of rotatable bonds is 6. The molecule has 6 nitrogen and oxygen atoms in total. The summed E-state index contributed by atoms with van der Waals surface area (Å²) in [4.78, 5) is 27.0. The number of ether oxygens (including phenoxy) is 2. The normalized spacial score (nSPS) is 17.8. The first-order valence-corrected chi connectivity index (χ1v) is 10.8. The highest BCUT2D eigenvalue weighted by Crippen LogP contribution is 2.32. The monoisotopic (exact) mass is 426 g/mol. The molecule has 0 saturated carbocycles. The highest BCUT2D eigenvalue weighted by molar-refractivity contribution is 5.95. The molecule has 7 heteroatoms. The maximum atomic E-state index is 13.7. The van der Waals surface area contributed by atoms with E-state index in [4.69, 9.17) is 9.47 Å². The Morgan fingerprint density at radius 3 is 2.74 bits per heavy atom. The Bertz CT molecular complexity index is 949. The Morgan fingerprint density at radius 2 is 1.90 bits per heavy atom. The Hall–Kier alpha value is -3.09. The number of benzene rings is 2. The van der Waals surface area contributed by atoms with E-state index in [1.807, 2.05) is 4.90 Å². The summed E-state index contributed by atoms with van der Waals surface area (Å²) in [6, 6.07) is 11.7. The van der Waals surface area contributed by atoms with E-state index in [1.165, 1.54) is 6.07 Å². The van der Waals surface area contributed by atoms with Crippen LogP contribution in [0.25, 0.3) is 0 Å². The molecule has 31 heavy (non-hydrogen) atoms. The van der Waals surface area contributed by atoms with Crippen molar-refractivity contribution >= 4 is 11.8 Å². The molecule has 2 amide bonds. The first-order valence-electron chi connectivity index (χ1n) is 10.8. The quantitative estimate of drug-likeness (QED) is 0.767. The zero-order chi connectivity index (χ0) is 21.6. The smallest absolute Gasteiger partial charge is 0.254 e. The molecule has 0 spiro atoms. The largest absolute Gasteiger partial charge is 0.486 e. The molecule has 4 rings (SSSR count). The minimum absolute atomic E-state index is 0.0225. The zero-order valence-corrected chi connectivity index (χ0v) is 17.4. The molecule has 0 bridgehead atoms. The summed E-state index contributed by atoms with van der Waals surface area (Å²) < 4.78 is 24.8. The first kappa shape index (κ1) is 21.2. The molecule has 1 atom stereocenters. The number of hydrogen-bond acceptors (Lipinski definition) is 4. The van der Waals surface area contributed by atoms with E-state index in [1.54, 1.807) is 36.4 Å². The molecule has 0 aliphatic carbocycles. The molecule has 0 unspecified atom stereocenters. The van der Waals surface area contributed by atoms with Gasteiger partial charge in [0.2, 0.25) is 5.91 Å². The number of carbonyl (C=O) groups excluding carboxylic acids is 2. The van der Waals surface area contributed by atoms with Crippen LogP contribution in [-0.2, 0) is 11.3 Å². The molecule has 0 radical (unpaired) electrons. The highest BCUT2D eigenvalue weighted by atomic mass is 19.1. The molecule has 2 aromatic rings. The Morgan fingerprint density at radius 1 is 1.10 bits per heavy atom. The summed E-state index contributed by atoms with van der Waals surface area (Å²) >= 11 is 0. The fourth-order valence-electron chi connectivity index (χ4n) is 4.10. The second-order valence-electron chi connectivity index (χ2n) is 8.02. The molecule has 1 N–H and O–H groups in total. The molecule has 2 aliphatic rings. The number of hydrogen-bond donors (Lipinski definition) is 1. The van der Waals surface area contributed by atoms with E-state index < -0.39 is 0 Å². The van der Waals surface area contributed by atoms with Crippen molar-refractivity contribution in [2.75, 3.05) is 26.3 Å². The van der Waals surface area contributed by atoms with E-state index in [2.05, 4.69) is 5.32 Å². The number of halogens is 1. The number of likely N-dealkylation sites (tertiary alicyclic amines) is 1. The van der Waals surface area contributed by atoms with Crippen molar-refractivity contribution in [2.45, 2.75) is 32.2 Å². The number of nitrogens with zero attached hydrogens (tertiary/aromatic N) is 1. The summed E-state index contributed by atoms with van der Waals surface area (Å²) in [5, 5.41) is 2.78. The van der Waals surface area contributed by atoms with Crippen LogP contribution in [0.15, 0.2) is 42.5 Å². The molecule has 2 aromatic carbocycles. The number of piperidine rings is 1. The number of amides is 2. The van der Waals surface area contributed by atoms with Gasteiger partial charge in [-0.1, -0.05) is 18.2 Å². The van der Waals surface area contributed by atoms with E-state index in [0.29, 0.717) is 61.8 Å². The molecule has 1 saturated heterocycles. The SMILES string of the molecule is O=C(CC[C@H]1CCCN(C(=O)c2ccc3c(c2)OCCO3)C1)NCc1ccccc1F. The lowest BCUT2D eigenvalue weighted by Crippen LogP contribution is -2.40. The third-order valence-electron chi connectivity index (χ3n) is 5.81. The minimum atomic E-state index is -0.316. The van der Waals surface area contributed by atoms with Crippen LogP contribution in [-0.4, -0.2) is 43.0 Å². The van der Waals surface area contributed by atoms with E-state index >= 15 is 0 Å².